The first-order valence-corrected chi connectivity index (χ1v) is 10.5. The Hall–Kier alpha value is -3.18. The maximum atomic E-state index is 13.3. The second-order valence-electron chi connectivity index (χ2n) is 6.95. The van der Waals surface area contributed by atoms with E-state index >= 15 is 0 Å². The average Bonchev–Trinajstić information content (AvgIpc) is 3.07. The third-order valence-corrected chi connectivity index (χ3v) is 5.28. The summed E-state index contributed by atoms with van der Waals surface area (Å²) in [5.41, 5.74) is 4.12. The van der Waals surface area contributed by atoms with E-state index in [1.807, 2.05) is 92.7 Å². The summed E-state index contributed by atoms with van der Waals surface area (Å²) < 4.78 is 6.45. The van der Waals surface area contributed by atoms with E-state index in [1.165, 1.54) is 0 Å². The van der Waals surface area contributed by atoms with Gasteiger partial charge in [0, 0.05) is 10.0 Å². The molecular weight excluding hydrogens is 440 g/mol. The number of ether oxygens (including phenoxy) is 1. The predicted molar refractivity (Wildman–Crippen MR) is 125 cm³/mol. The minimum Gasteiger partial charge on any atom is -0.494 e. The Morgan fingerprint density at radius 1 is 0.967 bits per heavy atom. The number of aryl methyl sites for hydroxylation is 1. The number of carbonyl (C=O) groups is 1. The molecule has 0 aromatic heterocycles. The van der Waals surface area contributed by atoms with Crippen LogP contribution in [0.1, 0.15) is 23.6 Å². The maximum Gasteiger partial charge on any atom is 0.282 e. The number of carbonyl (C=O) groups excluding carboxylic acids is 1. The zero-order valence-electron chi connectivity index (χ0n) is 16.8. The molecule has 0 saturated heterocycles. The molecular formula is C25H21BrN2O2. The fraction of sp³-hybridized carbons (Fsp3) is 0.120. The van der Waals surface area contributed by atoms with Gasteiger partial charge >= 0.3 is 0 Å². The van der Waals surface area contributed by atoms with Crippen LogP contribution >= 0.6 is 15.9 Å². The quantitative estimate of drug-likeness (QED) is 0.438. The first kappa shape index (κ1) is 20.1. The SMILES string of the molecule is CCOc1ccc(/C=C2/N=C(c3ccc(C)cc3)N(c3ccc(Br)cc3)C2=O)cc1. The fourth-order valence-electron chi connectivity index (χ4n) is 3.23. The smallest absolute Gasteiger partial charge is 0.282 e. The van der Waals surface area contributed by atoms with Gasteiger partial charge in [-0.15, -0.1) is 0 Å². The second-order valence-corrected chi connectivity index (χ2v) is 7.87. The molecule has 5 heteroatoms. The first-order valence-electron chi connectivity index (χ1n) is 9.75. The van der Waals surface area contributed by atoms with Gasteiger partial charge in [0.05, 0.1) is 12.3 Å². The van der Waals surface area contributed by atoms with E-state index in [-0.39, 0.29) is 5.91 Å². The molecule has 0 aliphatic carbocycles. The van der Waals surface area contributed by atoms with Crippen molar-refractivity contribution in [3.63, 3.8) is 0 Å². The Morgan fingerprint density at radius 3 is 2.27 bits per heavy atom. The Bertz CT molecular complexity index is 1120. The highest BCUT2D eigenvalue weighted by Crippen LogP contribution is 2.29. The molecule has 0 fully saturated rings. The summed E-state index contributed by atoms with van der Waals surface area (Å²) in [5.74, 6) is 1.28. The van der Waals surface area contributed by atoms with Crippen molar-refractivity contribution < 1.29 is 9.53 Å². The molecule has 0 spiro atoms. The van der Waals surface area contributed by atoms with E-state index in [0.29, 0.717) is 18.1 Å². The largest absolute Gasteiger partial charge is 0.494 e. The molecule has 1 amide bonds. The van der Waals surface area contributed by atoms with E-state index in [9.17, 15) is 4.79 Å². The molecule has 0 atom stereocenters. The summed E-state index contributed by atoms with van der Waals surface area (Å²) in [6.45, 7) is 4.60. The molecule has 30 heavy (non-hydrogen) atoms. The van der Waals surface area contributed by atoms with Crippen molar-refractivity contribution in [3.05, 3.63) is 99.7 Å². The monoisotopic (exact) mass is 460 g/mol. The highest BCUT2D eigenvalue weighted by Gasteiger charge is 2.32. The van der Waals surface area contributed by atoms with E-state index in [0.717, 1.165) is 32.6 Å². The molecule has 0 bridgehead atoms. The van der Waals surface area contributed by atoms with Crippen LogP contribution in [0, 0.1) is 6.92 Å². The number of benzene rings is 3. The lowest BCUT2D eigenvalue weighted by atomic mass is 10.1. The van der Waals surface area contributed by atoms with Crippen molar-refractivity contribution in [2.24, 2.45) is 4.99 Å². The average molecular weight is 461 g/mol. The molecule has 4 rings (SSSR count). The predicted octanol–water partition coefficient (Wildman–Crippen LogP) is 5.99. The van der Waals surface area contributed by atoms with Gasteiger partial charge in [0.2, 0.25) is 0 Å². The number of hydrogen-bond acceptors (Lipinski definition) is 3. The van der Waals surface area contributed by atoms with Gasteiger partial charge in [-0.05, 0) is 61.9 Å². The normalized spacial score (nSPS) is 14.9. The Morgan fingerprint density at radius 2 is 1.63 bits per heavy atom. The molecule has 4 nitrogen and oxygen atoms in total. The van der Waals surface area contributed by atoms with Gasteiger partial charge < -0.3 is 4.74 Å². The maximum absolute atomic E-state index is 13.3. The van der Waals surface area contributed by atoms with Crippen LogP contribution in [-0.4, -0.2) is 18.3 Å². The van der Waals surface area contributed by atoms with Gasteiger partial charge in [-0.3, -0.25) is 9.69 Å². The summed E-state index contributed by atoms with van der Waals surface area (Å²) in [6.07, 6.45) is 1.81. The highest BCUT2D eigenvalue weighted by atomic mass is 79.9. The number of rotatable bonds is 5. The van der Waals surface area contributed by atoms with Crippen LogP contribution in [0.2, 0.25) is 0 Å². The summed E-state index contributed by atoms with van der Waals surface area (Å²) in [6, 6.07) is 23.3. The van der Waals surface area contributed by atoms with Gasteiger partial charge in [-0.2, -0.15) is 0 Å². The number of hydrogen-bond donors (Lipinski definition) is 0. The standard InChI is InChI=1S/C25H21BrN2O2/c1-3-30-22-14-6-18(7-15-22)16-23-25(29)28(21-12-10-20(26)11-13-21)24(27-23)19-8-4-17(2)5-9-19/h4-16H,3H2,1-2H3/b23-16+. The molecule has 0 unspecified atom stereocenters. The first-order chi connectivity index (χ1) is 14.5. The van der Waals surface area contributed by atoms with Crippen LogP contribution in [0.15, 0.2) is 88.0 Å². The molecule has 1 aliphatic heterocycles. The summed E-state index contributed by atoms with van der Waals surface area (Å²) in [5, 5.41) is 0. The molecule has 1 aliphatic rings. The lowest BCUT2D eigenvalue weighted by Gasteiger charge is -2.18. The van der Waals surface area contributed by atoms with Crippen LogP contribution in [0.25, 0.3) is 6.08 Å². The van der Waals surface area contributed by atoms with Crippen molar-refractivity contribution in [1.29, 1.82) is 0 Å². The minimum absolute atomic E-state index is 0.151. The Labute approximate surface area is 184 Å². The van der Waals surface area contributed by atoms with Crippen molar-refractivity contribution in [1.82, 2.24) is 0 Å². The fourth-order valence-corrected chi connectivity index (χ4v) is 3.49. The van der Waals surface area contributed by atoms with Gasteiger partial charge in [0.25, 0.3) is 5.91 Å². The van der Waals surface area contributed by atoms with Gasteiger partial charge in [0.15, 0.2) is 0 Å². The topological polar surface area (TPSA) is 41.9 Å². The van der Waals surface area contributed by atoms with E-state index < -0.39 is 0 Å². The van der Waals surface area contributed by atoms with E-state index in [2.05, 4.69) is 15.9 Å². The second kappa shape index (κ2) is 8.67. The molecule has 150 valence electrons. The van der Waals surface area contributed by atoms with Gasteiger partial charge in [-0.25, -0.2) is 4.99 Å². The highest BCUT2D eigenvalue weighted by molar-refractivity contribution is 9.10. The minimum atomic E-state index is -0.151. The molecule has 3 aromatic carbocycles. The van der Waals surface area contributed by atoms with Crippen LogP contribution in [0.4, 0.5) is 5.69 Å². The number of anilines is 1. The van der Waals surface area contributed by atoms with E-state index in [4.69, 9.17) is 9.73 Å². The lowest BCUT2D eigenvalue weighted by molar-refractivity contribution is -0.113. The van der Waals surface area contributed by atoms with E-state index in [1.54, 1.807) is 4.90 Å². The molecule has 0 radical (unpaired) electrons. The van der Waals surface area contributed by atoms with Crippen LogP contribution in [0.5, 0.6) is 5.75 Å². The number of amidine groups is 1. The molecule has 3 aromatic rings. The summed E-state index contributed by atoms with van der Waals surface area (Å²) in [4.78, 5) is 19.7. The van der Waals surface area contributed by atoms with Crippen molar-refractivity contribution in [2.45, 2.75) is 13.8 Å². The van der Waals surface area contributed by atoms with Crippen molar-refractivity contribution in [2.75, 3.05) is 11.5 Å². The Kier molecular flexibility index (Phi) is 5.81. The van der Waals surface area contributed by atoms with Gasteiger partial charge in [-0.1, -0.05) is 57.9 Å². The van der Waals surface area contributed by atoms with Crippen molar-refractivity contribution in [3.8, 4) is 5.75 Å². The molecule has 0 saturated carbocycles. The zero-order valence-corrected chi connectivity index (χ0v) is 18.4. The molecule has 0 N–H and O–H groups in total. The number of nitrogens with zero attached hydrogens (tertiary/aromatic N) is 2. The third kappa shape index (κ3) is 4.21. The van der Waals surface area contributed by atoms with Crippen molar-refractivity contribution >= 4 is 39.4 Å². The van der Waals surface area contributed by atoms with Gasteiger partial charge in [0.1, 0.15) is 17.3 Å². The summed E-state index contributed by atoms with van der Waals surface area (Å²) >= 11 is 3.45. The number of aliphatic imine (C=N–C) groups is 1. The lowest BCUT2D eigenvalue weighted by Crippen LogP contribution is -2.32. The Balaban J connectivity index is 1.75. The zero-order chi connectivity index (χ0) is 21.1. The molecule has 1 heterocycles. The van der Waals surface area contributed by atoms with Crippen LogP contribution in [0.3, 0.4) is 0 Å². The van der Waals surface area contributed by atoms with Crippen LogP contribution in [-0.2, 0) is 4.79 Å². The number of halogens is 1. The summed E-state index contributed by atoms with van der Waals surface area (Å²) in [7, 11) is 0. The third-order valence-electron chi connectivity index (χ3n) is 4.75. The van der Waals surface area contributed by atoms with Crippen LogP contribution < -0.4 is 9.64 Å². The number of amides is 1.